The van der Waals surface area contributed by atoms with Crippen molar-refractivity contribution < 1.29 is 31.9 Å². The SMILES string of the molecule is C[C@H]1CCn2nc(-c3cnn(C(F)C(F)F)c3)c(C(=O)N[C@H]3N=C(c4ccccc4)c4cccc(F)c4NC3=O)c2O1. The lowest BCUT2D eigenvalue weighted by molar-refractivity contribution is -0.117. The number of nitrogens with zero attached hydrogens (tertiary/aromatic N) is 5. The Balaban J connectivity index is 1.41. The molecule has 3 atom stereocenters. The number of nitrogens with one attached hydrogen (secondary N) is 2. The van der Waals surface area contributed by atoms with Gasteiger partial charge in [0.2, 0.25) is 12.0 Å². The van der Waals surface area contributed by atoms with Gasteiger partial charge < -0.3 is 15.4 Å². The molecule has 0 spiro atoms. The van der Waals surface area contributed by atoms with Crippen molar-refractivity contribution in [2.45, 2.75) is 44.9 Å². The van der Waals surface area contributed by atoms with E-state index in [1.165, 1.54) is 16.8 Å². The Kier molecular flexibility index (Phi) is 6.96. The molecule has 42 heavy (non-hydrogen) atoms. The molecule has 216 valence electrons. The summed E-state index contributed by atoms with van der Waals surface area (Å²) in [5.41, 5.74) is 1.01. The number of aliphatic imine (C=N–C) groups is 1. The third kappa shape index (κ3) is 4.88. The van der Waals surface area contributed by atoms with Crippen LogP contribution in [-0.4, -0.2) is 55.8 Å². The first-order valence-corrected chi connectivity index (χ1v) is 13.0. The minimum Gasteiger partial charge on any atom is -0.474 e. The van der Waals surface area contributed by atoms with E-state index in [0.29, 0.717) is 28.8 Å². The van der Waals surface area contributed by atoms with Crippen LogP contribution in [0.5, 0.6) is 5.88 Å². The highest BCUT2D eigenvalue weighted by Gasteiger charge is 2.35. The summed E-state index contributed by atoms with van der Waals surface area (Å²) < 4.78 is 62.5. The van der Waals surface area contributed by atoms with Crippen LogP contribution in [0.4, 0.5) is 23.2 Å². The molecule has 14 heteroatoms. The first kappa shape index (κ1) is 27.2. The zero-order chi connectivity index (χ0) is 29.5. The summed E-state index contributed by atoms with van der Waals surface area (Å²) in [5, 5.41) is 13.2. The number of para-hydroxylation sites is 1. The number of benzodiazepines with no additional fused rings is 1. The zero-order valence-corrected chi connectivity index (χ0v) is 22.0. The van der Waals surface area contributed by atoms with Gasteiger partial charge in [-0.15, -0.1) is 0 Å². The Hall–Kier alpha value is -5.01. The topological polar surface area (TPSA) is 115 Å². The van der Waals surface area contributed by atoms with Crippen LogP contribution in [0.1, 0.15) is 41.1 Å². The number of carbonyl (C=O) groups excluding carboxylic acids is 2. The van der Waals surface area contributed by atoms with Crippen molar-refractivity contribution in [3.63, 3.8) is 0 Å². The molecule has 2 aromatic carbocycles. The predicted octanol–water partition coefficient (Wildman–Crippen LogP) is 4.34. The molecule has 6 rings (SSSR count). The van der Waals surface area contributed by atoms with Crippen LogP contribution in [0.25, 0.3) is 11.3 Å². The number of carbonyl (C=O) groups is 2. The second kappa shape index (κ2) is 10.8. The van der Waals surface area contributed by atoms with Gasteiger partial charge in [-0.1, -0.05) is 42.5 Å². The lowest BCUT2D eigenvalue weighted by atomic mass is 10.0. The van der Waals surface area contributed by atoms with Crippen LogP contribution in [0, 0.1) is 5.82 Å². The van der Waals surface area contributed by atoms with Gasteiger partial charge >= 0.3 is 0 Å². The number of ether oxygens (including phenoxy) is 1. The Morgan fingerprint density at radius 3 is 2.67 bits per heavy atom. The smallest absolute Gasteiger partial charge is 0.289 e. The fraction of sp³-hybridized carbons (Fsp3) is 0.250. The Bertz CT molecular complexity index is 1700. The molecule has 0 aliphatic carbocycles. The van der Waals surface area contributed by atoms with Crippen molar-refractivity contribution in [1.29, 1.82) is 0 Å². The minimum atomic E-state index is -3.32. The summed E-state index contributed by atoms with van der Waals surface area (Å²) in [5.74, 6) is -2.24. The molecule has 0 radical (unpaired) electrons. The maximum Gasteiger partial charge on any atom is 0.289 e. The molecule has 0 saturated heterocycles. The third-order valence-corrected chi connectivity index (χ3v) is 6.87. The maximum atomic E-state index is 14.8. The van der Waals surface area contributed by atoms with Gasteiger partial charge in [0.1, 0.15) is 17.1 Å². The van der Waals surface area contributed by atoms with Gasteiger partial charge in [0, 0.05) is 35.9 Å². The van der Waals surface area contributed by atoms with Crippen LogP contribution in [0.3, 0.4) is 0 Å². The van der Waals surface area contributed by atoms with Gasteiger partial charge in [-0.3, -0.25) is 9.59 Å². The lowest BCUT2D eigenvalue weighted by Gasteiger charge is -2.22. The van der Waals surface area contributed by atoms with E-state index in [0.717, 1.165) is 12.4 Å². The van der Waals surface area contributed by atoms with Crippen molar-refractivity contribution in [3.05, 3.63) is 83.4 Å². The molecule has 0 bridgehead atoms. The van der Waals surface area contributed by atoms with Crippen LogP contribution >= 0.6 is 0 Å². The minimum absolute atomic E-state index is 0.0139. The average Bonchev–Trinajstić information content (AvgIpc) is 3.58. The first-order valence-electron chi connectivity index (χ1n) is 13.0. The fourth-order valence-corrected chi connectivity index (χ4v) is 4.81. The van der Waals surface area contributed by atoms with Crippen LogP contribution in [-0.2, 0) is 11.3 Å². The quantitative estimate of drug-likeness (QED) is 0.329. The number of anilines is 1. The van der Waals surface area contributed by atoms with Crippen molar-refractivity contribution in [3.8, 4) is 17.1 Å². The van der Waals surface area contributed by atoms with E-state index in [2.05, 4.69) is 25.8 Å². The Morgan fingerprint density at radius 2 is 1.90 bits per heavy atom. The van der Waals surface area contributed by atoms with E-state index >= 15 is 0 Å². The standard InChI is InChI=1S/C28H23F4N7O3/c1-14-10-11-38-28(42-14)19(21(37-38)16-12-33-39(13-16)24(32)23(30)31)26(40)36-25-27(41)35-22-17(8-5-9-18(22)29)20(34-25)15-6-3-2-4-7-15/h2-9,12-14,23-25H,10-11H2,1H3,(H,35,41)(H,36,40)/t14-,24?,25+/m0/s1. The highest BCUT2D eigenvalue weighted by Crippen LogP contribution is 2.35. The van der Waals surface area contributed by atoms with Crippen LogP contribution in [0.15, 0.2) is 65.9 Å². The summed E-state index contributed by atoms with van der Waals surface area (Å²) in [4.78, 5) is 31.6. The molecule has 4 aromatic rings. The number of aromatic nitrogens is 4. The molecule has 2 aliphatic heterocycles. The third-order valence-electron chi connectivity index (χ3n) is 6.87. The van der Waals surface area contributed by atoms with Crippen molar-refractivity contribution in [1.82, 2.24) is 24.9 Å². The summed E-state index contributed by atoms with van der Waals surface area (Å²) in [7, 11) is 0. The summed E-state index contributed by atoms with van der Waals surface area (Å²) in [6.45, 7) is 2.18. The second-order valence-electron chi connectivity index (χ2n) is 9.76. The first-order chi connectivity index (χ1) is 20.2. The molecule has 4 heterocycles. The van der Waals surface area contributed by atoms with Gasteiger partial charge in [-0.2, -0.15) is 10.2 Å². The van der Waals surface area contributed by atoms with Crippen molar-refractivity contribution in [2.75, 3.05) is 5.32 Å². The van der Waals surface area contributed by atoms with Gasteiger partial charge in [-0.05, 0) is 13.0 Å². The number of amides is 2. The zero-order valence-electron chi connectivity index (χ0n) is 22.0. The molecular formula is C28H23F4N7O3. The molecule has 2 aliphatic rings. The fourth-order valence-electron chi connectivity index (χ4n) is 4.81. The monoisotopic (exact) mass is 581 g/mol. The number of rotatable bonds is 6. The highest BCUT2D eigenvalue weighted by molar-refractivity contribution is 6.20. The number of aryl methyl sites for hydroxylation is 1. The number of alkyl halides is 3. The summed E-state index contributed by atoms with van der Waals surface area (Å²) >= 11 is 0. The van der Waals surface area contributed by atoms with Crippen LogP contribution < -0.4 is 15.4 Å². The van der Waals surface area contributed by atoms with Gasteiger partial charge in [0.05, 0.1) is 23.7 Å². The second-order valence-corrected chi connectivity index (χ2v) is 9.76. The van der Waals surface area contributed by atoms with E-state index in [4.69, 9.17) is 4.74 Å². The number of fused-ring (bicyclic) bond motifs is 2. The molecule has 2 N–H and O–H groups in total. The van der Waals surface area contributed by atoms with Gasteiger partial charge in [0.15, 0.2) is 0 Å². The van der Waals surface area contributed by atoms with E-state index in [1.807, 2.05) is 0 Å². The largest absolute Gasteiger partial charge is 0.474 e. The molecule has 0 saturated carbocycles. The number of hydrogen-bond donors (Lipinski definition) is 2. The predicted molar refractivity (Wildman–Crippen MR) is 143 cm³/mol. The van der Waals surface area contributed by atoms with E-state index in [1.54, 1.807) is 43.3 Å². The van der Waals surface area contributed by atoms with Gasteiger partial charge in [0.25, 0.3) is 24.5 Å². The summed E-state index contributed by atoms with van der Waals surface area (Å²) in [6, 6.07) is 13.0. The molecule has 2 aromatic heterocycles. The number of benzene rings is 2. The maximum absolute atomic E-state index is 14.8. The van der Waals surface area contributed by atoms with Crippen LogP contribution in [0.2, 0.25) is 0 Å². The Labute approximate surface area is 236 Å². The van der Waals surface area contributed by atoms with Crippen molar-refractivity contribution >= 4 is 23.2 Å². The molecule has 0 fully saturated rings. The van der Waals surface area contributed by atoms with E-state index < -0.39 is 36.5 Å². The van der Waals surface area contributed by atoms with Gasteiger partial charge in [-0.25, -0.2) is 31.9 Å². The van der Waals surface area contributed by atoms with Crippen molar-refractivity contribution in [2.24, 2.45) is 4.99 Å². The number of halogens is 4. The lowest BCUT2D eigenvalue weighted by Crippen LogP contribution is -2.42. The van der Waals surface area contributed by atoms with E-state index in [9.17, 15) is 27.2 Å². The molecule has 2 amide bonds. The number of hydrogen-bond acceptors (Lipinski definition) is 6. The summed E-state index contributed by atoms with van der Waals surface area (Å²) in [6.07, 6.45) is -5.13. The highest BCUT2D eigenvalue weighted by atomic mass is 19.3. The van der Waals surface area contributed by atoms with E-state index in [-0.39, 0.29) is 40.2 Å². The molecule has 1 unspecified atom stereocenters. The average molecular weight is 582 g/mol. The Morgan fingerprint density at radius 1 is 1.12 bits per heavy atom. The molecule has 10 nitrogen and oxygen atoms in total. The molecular weight excluding hydrogens is 558 g/mol. The normalized spacial score (nSPS) is 18.7.